The molecule has 1 amide bonds. The van der Waals surface area contributed by atoms with E-state index in [4.69, 9.17) is 5.11 Å². The molecule has 2 N–H and O–H groups in total. The van der Waals surface area contributed by atoms with Gasteiger partial charge in [-0.2, -0.15) is 0 Å². The second-order valence-corrected chi connectivity index (χ2v) is 5.17. The van der Waals surface area contributed by atoms with E-state index >= 15 is 0 Å². The molecule has 1 heterocycles. The number of aliphatic hydroxyl groups excluding tert-OH is 1. The number of carbonyl (C=O) groups is 1. The lowest BCUT2D eigenvalue weighted by Crippen LogP contribution is -2.40. The van der Waals surface area contributed by atoms with Gasteiger partial charge in [-0.25, -0.2) is 0 Å². The first-order valence-corrected chi connectivity index (χ1v) is 6.67. The molecule has 104 valence electrons. The van der Waals surface area contributed by atoms with Crippen LogP contribution in [0.3, 0.4) is 0 Å². The number of H-pyrrole nitrogens is 1. The lowest BCUT2D eigenvalue weighted by Gasteiger charge is -2.23. The molecule has 0 fully saturated rings. The van der Waals surface area contributed by atoms with Crippen LogP contribution in [0.25, 0.3) is 0 Å². The summed E-state index contributed by atoms with van der Waals surface area (Å²) in [5.74, 6) is -0.337. The monoisotopic (exact) mass is 264 g/mol. The van der Waals surface area contributed by atoms with Crippen LogP contribution in [-0.2, 0) is 12.8 Å². The van der Waals surface area contributed by atoms with Crippen LogP contribution in [0.15, 0.2) is 10.9 Å². The minimum absolute atomic E-state index is 0.120. The number of rotatable bonds is 3. The zero-order valence-corrected chi connectivity index (χ0v) is 11.4. The number of pyridine rings is 1. The predicted octanol–water partition coefficient (Wildman–Crippen LogP) is 0.706. The van der Waals surface area contributed by atoms with Crippen molar-refractivity contribution >= 4 is 5.91 Å². The van der Waals surface area contributed by atoms with Crippen molar-refractivity contribution in [3.8, 4) is 0 Å². The molecular weight excluding hydrogens is 244 g/mol. The largest absolute Gasteiger partial charge is 0.394 e. The van der Waals surface area contributed by atoms with Crippen LogP contribution in [0, 0.1) is 0 Å². The first kappa shape index (κ1) is 13.8. The van der Waals surface area contributed by atoms with Gasteiger partial charge in [0.25, 0.3) is 11.5 Å². The SMILES string of the molecule is CC(CO)N(C)C(=O)c1cc2c([nH]c1=O)CCCC2. The molecule has 0 saturated carbocycles. The van der Waals surface area contributed by atoms with E-state index in [-0.39, 0.29) is 29.7 Å². The lowest BCUT2D eigenvalue weighted by molar-refractivity contribution is 0.0680. The number of nitrogens with zero attached hydrogens (tertiary/aromatic N) is 1. The van der Waals surface area contributed by atoms with Gasteiger partial charge in [-0.15, -0.1) is 0 Å². The van der Waals surface area contributed by atoms with Crippen LogP contribution in [0.2, 0.25) is 0 Å². The zero-order valence-electron chi connectivity index (χ0n) is 11.4. The Morgan fingerprint density at radius 3 is 2.84 bits per heavy atom. The number of aromatic amines is 1. The molecule has 5 heteroatoms. The second-order valence-electron chi connectivity index (χ2n) is 5.17. The van der Waals surface area contributed by atoms with E-state index in [0.717, 1.165) is 36.9 Å². The van der Waals surface area contributed by atoms with E-state index in [1.54, 1.807) is 20.0 Å². The fraction of sp³-hybridized carbons (Fsp3) is 0.571. The molecule has 0 bridgehead atoms. The van der Waals surface area contributed by atoms with Gasteiger partial charge in [0.1, 0.15) is 5.56 Å². The van der Waals surface area contributed by atoms with Gasteiger partial charge in [0.05, 0.1) is 12.6 Å². The van der Waals surface area contributed by atoms with Crippen molar-refractivity contribution in [2.75, 3.05) is 13.7 Å². The summed E-state index contributed by atoms with van der Waals surface area (Å²) in [7, 11) is 1.60. The molecule has 1 unspecified atom stereocenters. The van der Waals surface area contributed by atoms with Crippen molar-refractivity contribution < 1.29 is 9.90 Å². The van der Waals surface area contributed by atoms with E-state index < -0.39 is 0 Å². The number of aromatic nitrogens is 1. The van der Waals surface area contributed by atoms with Crippen LogP contribution in [-0.4, -0.2) is 40.6 Å². The zero-order chi connectivity index (χ0) is 14.0. The Bertz CT molecular complexity index is 536. The number of nitrogens with one attached hydrogen (secondary N) is 1. The highest BCUT2D eigenvalue weighted by Gasteiger charge is 2.22. The second kappa shape index (κ2) is 5.57. The van der Waals surface area contributed by atoms with Gasteiger partial charge in [-0.3, -0.25) is 9.59 Å². The number of carbonyl (C=O) groups excluding carboxylic acids is 1. The number of hydrogen-bond acceptors (Lipinski definition) is 3. The molecule has 1 atom stereocenters. The van der Waals surface area contributed by atoms with Crippen molar-refractivity contribution in [1.29, 1.82) is 0 Å². The van der Waals surface area contributed by atoms with E-state index in [0.29, 0.717) is 0 Å². The van der Waals surface area contributed by atoms with Crippen LogP contribution >= 0.6 is 0 Å². The van der Waals surface area contributed by atoms with Gasteiger partial charge in [0.15, 0.2) is 0 Å². The molecule has 0 aromatic carbocycles. The Morgan fingerprint density at radius 2 is 2.16 bits per heavy atom. The van der Waals surface area contributed by atoms with Crippen LogP contribution in [0.5, 0.6) is 0 Å². The summed E-state index contributed by atoms with van der Waals surface area (Å²) in [6.45, 7) is 1.62. The first-order valence-electron chi connectivity index (χ1n) is 6.67. The molecule has 5 nitrogen and oxygen atoms in total. The van der Waals surface area contributed by atoms with Crippen LogP contribution in [0.4, 0.5) is 0 Å². The highest BCUT2D eigenvalue weighted by molar-refractivity contribution is 5.94. The van der Waals surface area contributed by atoms with E-state index in [9.17, 15) is 9.59 Å². The van der Waals surface area contributed by atoms with E-state index in [2.05, 4.69) is 4.98 Å². The normalized spacial score (nSPS) is 15.7. The topological polar surface area (TPSA) is 73.4 Å². The summed E-state index contributed by atoms with van der Waals surface area (Å²) in [6.07, 6.45) is 3.96. The summed E-state index contributed by atoms with van der Waals surface area (Å²) < 4.78 is 0. The smallest absolute Gasteiger partial charge is 0.261 e. The third-order valence-corrected chi connectivity index (χ3v) is 3.81. The molecule has 0 saturated heterocycles. The van der Waals surface area contributed by atoms with Crippen molar-refractivity contribution in [2.45, 2.75) is 38.6 Å². The third kappa shape index (κ3) is 2.71. The summed E-state index contributed by atoms with van der Waals surface area (Å²) in [5, 5.41) is 9.08. The number of hydrogen-bond donors (Lipinski definition) is 2. The summed E-state index contributed by atoms with van der Waals surface area (Å²) in [4.78, 5) is 28.5. The van der Waals surface area contributed by atoms with Gasteiger partial charge in [-0.1, -0.05) is 0 Å². The fourth-order valence-corrected chi connectivity index (χ4v) is 2.35. The Hall–Kier alpha value is -1.62. The van der Waals surface area contributed by atoms with Gasteiger partial charge in [0.2, 0.25) is 0 Å². The average Bonchev–Trinajstić information content (AvgIpc) is 2.44. The Kier molecular flexibility index (Phi) is 4.04. The molecule has 0 aliphatic heterocycles. The molecule has 0 spiro atoms. The molecule has 19 heavy (non-hydrogen) atoms. The number of fused-ring (bicyclic) bond motifs is 1. The molecule has 1 aromatic rings. The number of amides is 1. The Morgan fingerprint density at radius 1 is 1.47 bits per heavy atom. The Labute approximate surface area is 112 Å². The summed E-state index contributed by atoms with van der Waals surface area (Å²) in [5.41, 5.74) is 1.87. The molecule has 2 rings (SSSR count). The number of aliphatic hydroxyl groups is 1. The molecule has 1 aromatic heterocycles. The third-order valence-electron chi connectivity index (χ3n) is 3.81. The molecule has 0 radical (unpaired) electrons. The highest BCUT2D eigenvalue weighted by atomic mass is 16.3. The minimum atomic E-state index is -0.337. The van der Waals surface area contributed by atoms with Crippen molar-refractivity contribution in [3.63, 3.8) is 0 Å². The quantitative estimate of drug-likeness (QED) is 0.844. The molecule has 1 aliphatic rings. The van der Waals surface area contributed by atoms with Crippen LogP contribution < -0.4 is 5.56 Å². The number of aryl methyl sites for hydroxylation is 2. The van der Waals surface area contributed by atoms with Gasteiger partial charge >= 0.3 is 0 Å². The van der Waals surface area contributed by atoms with Crippen molar-refractivity contribution in [2.24, 2.45) is 0 Å². The molecular formula is C14H20N2O3. The molecule has 1 aliphatic carbocycles. The Balaban J connectivity index is 2.35. The maximum atomic E-state index is 12.2. The van der Waals surface area contributed by atoms with Crippen LogP contribution in [0.1, 0.15) is 41.4 Å². The minimum Gasteiger partial charge on any atom is -0.394 e. The van der Waals surface area contributed by atoms with Gasteiger partial charge in [-0.05, 0) is 44.2 Å². The highest BCUT2D eigenvalue weighted by Crippen LogP contribution is 2.19. The van der Waals surface area contributed by atoms with E-state index in [1.165, 1.54) is 4.90 Å². The summed E-state index contributed by atoms with van der Waals surface area (Å²) in [6, 6.07) is 1.42. The summed E-state index contributed by atoms with van der Waals surface area (Å²) >= 11 is 0. The van der Waals surface area contributed by atoms with Crippen molar-refractivity contribution in [1.82, 2.24) is 9.88 Å². The fourth-order valence-electron chi connectivity index (χ4n) is 2.35. The number of likely N-dealkylation sites (N-methyl/N-ethyl adjacent to an activating group) is 1. The van der Waals surface area contributed by atoms with E-state index in [1.807, 2.05) is 0 Å². The standard InChI is InChI=1S/C14H20N2O3/c1-9(8-17)16(2)14(19)11-7-10-5-3-4-6-12(10)15-13(11)18/h7,9,17H,3-6,8H2,1-2H3,(H,15,18). The lowest BCUT2D eigenvalue weighted by atomic mass is 9.95. The predicted molar refractivity (Wildman–Crippen MR) is 72.3 cm³/mol. The average molecular weight is 264 g/mol. The maximum absolute atomic E-state index is 12.2. The van der Waals surface area contributed by atoms with Crippen molar-refractivity contribution in [3.05, 3.63) is 33.2 Å². The first-order chi connectivity index (χ1) is 9.04. The van der Waals surface area contributed by atoms with Gasteiger partial charge < -0.3 is 15.0 Å². The van der Waals surface area contributed by atoms with Gasteiger partial charge in [0, 0.05) is 12.7 Å². The maximum Gasteiger partial charge on any atom is 0.261 e.